The predicted octanol–water partition coefficient (Wildman–Crippen LogP) is 2.57. The van der Waals surface area contributed by atoms with Gasteiger partial charge in [0.2, 0.25) is 0 Å². The first-order valence-electron chi connectivity index (χ1n) is 6.35. The Hall–Kier alpha value is -1.96. The maximum absolute atomic E-state index is 13.6. The largest absolute Gasteiger partial charge is 0.311 e. The van der Waals surface area contributed by atoms with Gasteiger partial charge in [-0.1, -0.05) is 19.1 Å². The van der Waals surface area contributed by atoms with Gasteiger partial charge in [-0.15, -0.1) is 5.10 Å². The Morgan fingerprint density at radius 2 is 1.76 bits per heavy atom. The number of nitrogens with one attached hydrogen (secondary N) is 1. The van der Waals surface area contributed by atoms with E-state index in [4.69, 9.17) is 0 Å². The van der Waals surface area contributed by atoms with Crippen molar-refractivity contribution in [2.24, 2.45) is 5.92 Å². The van der Waals surface area contributed by atoms with Crippen LogP contribution in [0, 0.1) is 29.2 Å². The maximum atomic E-state index is 13.6. The van der Waals surface area contributed by atoms with Crippen LogP contribution in [0.1, 0.15) is 19.5 Å². The Bertz CT molecular complexity index is 613. The van der Waals surface area contributed by atoms with Crippen molar-refractivity contribution in [2.45, 2.75) is 20.4 Å². The second-order valence-electron chi connectivity index (χ2n) is 5.00. The molecular weight excluding hydrogens is 288 g/mol. The third kappa shape index (κ3) is 3.38. The van der Waals surface area contributed by atoms with Crippen LogP contribution in [0.15, 0.2) is 12.3 Å². The molecule has 1 N–H and O–H groups in total. The summed E-state index contributed by atoms with van der Waals surface area (Å²) in [6, 6.07) is 0.149. The third-order valence-electron chi connectivity index (χ3n) is 2.72. The molecule has 2 rings (SSSR count). The van der Waals surface area contributed by atoms with Crippen molar-refractivity contribution in [3.05, 3.63) is 41.2 Å². The summed E-state index contributed by atoms with van der Waals surface area (Å²) in [5.41, 5.74) is -0.519. The first-order valence-corrected chi connectivity index (χ1v) is 6.35. The molecule has 114 valence electrons. The molecular formula is C13H14F4N4. The van der Waals surface area contributed by atoms with Crippen LogP contribution in [0.4, 0.5) is 17.6 Å². The summed E-state index contributed by atoms with van der Waals surface area (Å²) in [5, 5.41) is 10.3. The normalized spacial score (nSPS) is 11.4. The molecule has 21 heavy (non-hydrogen) atoms. The lowest BCUT2D eigenvalue weighted by Crippen LogP contribution is -2.19. The fourth-order valence-corrected chi connectivity index (χ4v) is 1.74. The molecule has 0 saturated carbocycles. The molecule has 8 heteroatoms. The van der Waals surface area contributed by atoms with Gasteiger partial charge in [-0.05, 0) is 12.5 Å². The van der Waals surface area contributed by atoms with E-state index in [9.17, 15) is 17.6 Å². The maximum Gasteiger partial charge on any atom is 0.187 e. The summed E-state index contributed by atoms with van der Waals surface area (Å²) >= 11 is 0. The SMILES string of the molecule is CC(C)CNCc1cn(-c2c(F)c(F)cc(F)c2F)nn1. The van der Waals surface area contributed by atoms with E-state index in [0.717, 1.165) is 6.54 Å². The number of rotatable bonds is 5. The molecule has 0 fully saturated rings. The highest BCUT2D eigenvalue weighted by Gasteiger charge is 2.21. The van der Waals surface area contributed by atoms with Gasteiger partial charge in [0.15, 0.2) is 23.3 Å². The lowest BCUT2D eigenvalue weighted by atomic mass is 10.2. The molecule has 1 aromatic heterocycles. The number of benzene rings is 1. The second kappa shape index (κ2) is 6.21. The molecule has 2 aromatic rings. The smallest absolute Gasteiger partial charge is 0.187 e. The zero-order valence-corrected chi connectivity index (χ0v) is 11.5. The number of aromatic nitrogens is 3. The summed E-state index contributed by atoms with van der Waals surface area (Å²) in [5.74, 6) is -5.58. The molecule has 0 spiro atoms. The average molecular weight is 302 g/mol. The molecule has 0 bridgehead atoms. The molecule has 0 unspecified atom stereocenters. The van der Waals surface area contributed by atoms with Crippen LogP contribution in [0.25, 0.3) is 5.69 Å². The van der Waals surface area contributed by atoms with Crippen LogP contribution in [-0.2, 0) is 6.54 Å². The Labute approximate surface area is 118 Å². The number of nitrogens with zero attached hydrogens (tertiary/aromatic N) is 3. The van der Waals surface area contributed by atoms with E-state index in [0.29, 0.717) is 22.8 Å². The standard InChI is InChI=1S/C13H14F4N4/c1-7(2)4-18-5-8-6-21(20-19-8)13-11(16)9(14)3-10(15)12(13)17/h3,6-7,18H,4-5H2,1-2H3. The molecule has 4 nitrogen and oxygen atoms in total. The van der Waals surface area contributed by atoms with Crippen LogP contribution in [-0.4, -0.2) is 21.5 Å². The summed E-state index contributed by atoms with van der Waals surface area (Å²) in [7, 11) is 0. The number of hydrogen-bond donors (Lipinski definition) is 1. The van der Waals surface area contributed by atoms with Crippen LogP contribution in [0.2, 0.25) is 0 Å². The van der Waals surface area contributed by atoms with Gasteiger partial charge in [-0.25, -0.2) is 22.2 Å². The fraction of sp³-hybridized carbons (Fsp3) is 0.385. The minimum atomic E-state index is -1.51. The van der Waals surface area contributed by atoms with E-state index in [1.165, 1.54) is 6.20 Å². The van der Waals surface area contributed by atoms with E-state index < -0.39 is 29.0 Å². The molecule has 0 aliphatic heterocycles. The van der Waals surface area contributed by atoms with Crippen molar-refractivity contribution < 1.29 is 17.6 Å². The van der Waals surface area contributed by atoms with Crippen molar-refractivity contribution in [1.82, 2.24) is 20.3 Å². The first-order chi connectivity index (χ1) is 9.90. The summed E-state index contributed by atoms with van der Waals surface area (Å²) in [6.45, 7) is 5.09. The van der Waals surface area contributed by atoms with Crippen molar-refractivity contribution >= 4 is 0 Å². The highest BCUT2D eigenvalue weighted by atomic mass is 19.2. The van der Waals surface area contributed by atoms with E-state index in [1.54, 1.807) is 0 Å². The summed E-state index contributed by atoms with van der Waals surface area (Å²) in [4.78, 5) is 0. The first kappa shape index (κ1) is 15.4. The average Bonchev–Trinajstić information content (AvgIpc) is 2.85. The Balaban J connectivity index is 2.26. The molecule has 0 aliphatic rings. The Morgan fingerprint density at radius 3 is 2.33 bits per heavy atom. The highest BCUT2D eigenvalue weighted by Crippen LogP contribution is 2.22. The Kier molecular flexibility index (Phi) is 4.56. The molecule has 1 aromatic carbocycles. The molecule has 0 saturated heterocycles. The summed E-state index contributed by atoms with van der Waals surface area (Å²) in [6.07, 6.45) is 1.22. The van der Waals surface area contributed by atoms with Gasteiger partial charge in [0.25, 0.3) is 0 Å². The Morgan fingerprint density at radius 1 is 1.14 bits per heavy atom. The van der Waals surface area contributed by atoms with Crippen molar-refractivity contribution in [3.63, 3.8) is 0 Å². The highest BCUT2D eigenvalue weighted by molar-refractivity contribution is 5.36. The van der Waals surface area contributed by atoms with Crippen molar-refractivity contribution in [3.8, 4) is 5.69 Å². The van der Waals surface area contributed by atoms with E-state index in [1.807, 2.05) is 13.8 Å². The lowest BCUT2D eigenvalue weighted by Gasteiger charge is -2.06. The number of hydrogen-bond acceptors (Lipinski definition) is 3. The van der Waals surface area contributed by atoms with Crippen LogP contribution in [0.5, 0.6) is 0 Å². The van der Waals surface area contributed by atoms with Gasteiger partial charge in [-0.3, -0.25) is 0 Å². The lowest BCUT2D eigenvalue weighted by molar-refractivity contribution is 0.443. The van der Waals surface area contributed by atoms with Crippen LogP contribution in [0.3, 0.4) is 0 Å². The molecule has 0 amide bonds. The third-order valence-corrected chi connectivity index (χ3v) is 2.72. The minimum absolute atomic E-state index is 0.149. The van der Waals surface area contributed by atoms with Gasteiger partial charge >= 0.3 is 0 Å². The topological polar surface area (TPSA) is 42.7 Å². The molecule has 0 radical (unpaired) electrons. The predicted molar refractivity (Wildman–Crippen MR) is 67.7 cm³/mol. The van der Waals surface area contributed by atoms with Gasteiger partial charge in [0.1, 0.15) is 5.69 Å². The molecule has 0 atom stereocenters. The zero-order chi connectivity index (χ0) is 15.6. The fourth-order valence-electron chi connectivity index (χ4n) is 1.74. The van der Waals surface area contributed by atoms with Gasteiger partial charge in [-0.2, -0.15) is 0 Å². The summed E-state index contributed by atoms with van der Waals surface area (Å²) < 4.78 is 54.2. The van der Waals surface area contributed by atoms with E-state index in [-0.39, 0.29) is 6.07 Å². The minimum Gasteiger partial charge on any atom is -0.311 e. The van der Waals surface area contributed by atoms with Gasteiger partial charge in [0.05, 0.1) is 11.9 Å². The number of halogens is 4. The monoisotopic (exact) mass is 302 g/mol. The van der Waals surface area contributed by atoms with Gasteiger partial charge < -0.3 is 5.32 Å². The molecule has 0 aliphatic carbocycles. The van der Waals surface area contributed by atoms with Crippen LogP contribution < -0.4 is 5.32 Å². The van der Waals surface area contributed by atoms with Crippen molar-refractivity contribution in [1.29, 1.82) is 0 Å². The quantitative estimate of drug-likeness (QED) is 0.682. The van der Waals surface area contributed by atoms with E-state index in [2.05, 4.69) is 15.6 Å². The molecule has 1 heterocycles. The van der Waals surface area contributed by atoms with Crippen molar-refractivity contribution in [2.75, 3.05) is 6.54 Å². The van der Waals surface area contributed by atoms with E-state index >= 15 is 0 Å². The van der Waals surface area contributed by atoms with Crippen LogP contribution >= 0.6 is 0 Å². The van der Waals surface area contributed by atoms with Gasteiger partial charge in [0, 0.05) is 12.6 Å². The zero-order valence-electron chi connectivity index (χ0n) is 11.5. The second-order valence-corrected chi connectivity index (χ2v) is 5.00.